The second-order valence-electron chi connectivity index (χ2n) is 5.20. The van der Waals surface area contributed by atoms with Gasteiger partial charge in [0.05, 0.1) is 5.69 Å². The van der Waals surface area contributed by atoms with Gasteiger partial charge in [-0.2, -0.15) is 0 Å². The van der Waals surface area contributed by atoms with Gasteiger partial charge in [-0.1, -0.05) is 18.2 Å². The quantitative estimate of drug-likeness (QED) is 0.905. The Hall–Kier alpha value is -1.75. The van der Waals surface area contributed by atoms with Gasteiger partial charge in [-0.05, 0) is 55.6 Å². The van der Waals surface area contributed by atoms with Gasteiger partial charge in [0.1, 0.15) is 0 Å². The molecule has 1 N–H and O–H groups in total. The first-order valence-corrected chi connectivity index (χ1v) is 6.88. The fourth-order valence-corrected chi connectivity index (χ4v) is 2.57. The second-order valence-corrected chi connectivity index (χ2v) is 5.20. The Labute approximate surface area is 113 Å². The maximum Gasteiger partial charge on any atom is 0.175 e. The van der Waals surface area contributed by atoms with Gasteiger partial charge in [-0.3, -0.25) is 0 Å². The summed E-state index contributed by atoms with van der Waals surface area (Å²) in [6, 6.07) is 8.09. The maximum absolute atomic E-state index is 4.50. The first-order chi connectivity index (χ1) is 9.33. The Bertz CT molecular complexity index is 542. The molecule has 1 aliphatic heterocycles. The molecule has 1 atom stereocenters. The predicted octanol–water partition coefficient (Wildman–Crippen LogP) is 1.51. The molecule has 5 heteroatoms. The van der Waals surface area contributed by atoms with Crippen LogP contribution < -0.4 is 5.32 Å². The highest BCUT2D eigenvalue weighted by Crippen LogP contribution is 2.15. The van der Waals surface area contributed by atoms with Gasteiger partial charge >= 0.3 is 0 Å². The number of aromatic nitrogens is 4. The zero-order chi connectivity index (χ0) is 13.1. The topological polar surface area (TPSA) is 55.6 Å². The van der Waals surface area contributed by atoms with Crippen molar-refractivity contribution in [1.29, 1.82) is 0 Å². The predicted molar refractivity (Wildman–Crippen MR) is 73.2 cm³/mol. The Balaban J connectivity index is 1.74. The van der Waals surface area contributed by atoms with Crippen LogP contribution in [0, 0.1) is 12.8 Å². The summed E-state index contributed by atoms with van der Waals surface area (Å²) in [5.74, 6) is 1.49. The first kappa shape index (κ1) is 12.3. The van der Waals surface area contributed by atoms with E-state index in [1.807, 2.05) is 18.2 Å². The molecular weight excluding hydrogens is 238 g/mol. The maximum atomic E-state index is 4.50. The Morgan fingerprint density at radius 3 is 3.05 bits per heavy atom. The fraction of sp³-hybridized carbons (Fsp3) is 0.500. The Morgan fingerprint density at radius 2 is 2.26 bits per heavy atom. The lowest BCUT2D eigenvalue weighted by molar-refractivity contribution is 0.370. The number of piperidine rings is 1. The van der Waals surface area contributed by atoms with Crippen LogP contribution in [0.5, 0.6) is 0 Å². The van der Waals surface area contributed by atoms with Crippen LogP contribution in [0.15, 0.2) is 24.3 Å². The lowest BCUT2D eigenvalue weighted by Gasteiger charge is -2.20. The van der Waals surface area contributed by atoms with Crippen molar-refractivity contribution >= 4 is 0 Å². The molecule has 0 saturated carbocycles. The molecule has 1 aromatic carbocycles. The minimum atomic E-state index is 0.642. The van der Waals surface area contributed by atoms with Crippen molar-refractivity contribution in [3.63, 3.8) is 0 Å². The lowest BCUT2D eigenvalue weighted by atomic mass is 9.96. The number of tetrazole rings is 1. The average molecular weight is 257 g/mol. The Kier molecular flexibility index (Phi) is 3.55. The van der Waals surface area contributed by atoms with E-state index in [1.54, 1.807) is 4.80 Å². The second kappa shape index (κ2) is 5.48. The molecule has 0 bridgehead atoms. The van der Waals surface area contributed by atoms with Crippen LogP contribution in [0.3, 0.4) is 0 Å². The molecule has 0 amide bonds. The number of nitrogens with zero attached hydrogens (tertiary/aromatic N) is 4. The highest BCUT2D eigenvalue weighted by molar-refractivity contribution is 5.37. The van der Waals surface area contributed by atoms with Gasteiger partial charge in [0.15, 0.2) is 5.82 Å². The smallest absolute Gasteiger partial charge is 0.175 e. The summed E-state index contributed by atoms with van der Waals surface area (Å²) in [5, 5.41) is 16.3. The standard InChI is InChI=1S/C14H19N5/c1-11-5-2-3-7-13(11)19-17-14(16-18-19)9-12-6-4-8-15-10-12/h2-3,5,7,12,15H,4,6,8-10H2,1H3. The normalized spacial score (nSPS) is 19.5. The van der Waals surface area contributed by atoms with Crippen molar-refractivity contribution in [2.75, 3.05) is 13.1 Å². The minimum absolute atomic E-state index is 0.642. The van der Waals surface area contributed by atoms with Crippen LogP contribution in [0.2, 0.25) is 0 Å². The van der Waals surface area contributed by atoms with E-state index in [1.165, 1.54) is 12.8 Å². The number of hydrogen-bond donors (Lipinski definition) is 1. The summed E-state index contributed by atoms with van der Waals surface area (Å²) in [7, 11) is 0. The molecule has 1 aromatic heterocycles. The molecular formula is C14H19N5. The molecule has 0 radical (unpaired) electrons. The van der Waals surface area contributed by atoms with Gasteiger partial charge < -0.3 is 5.32 Å². The molecule has 100 valence electrons. The van der Waals surface area contributed by atoms with Crippen LogP contribution in [-0.4, -0.2) is 33.3 Å². The van der Waals surface area contributed by atoms with E-state index < -0.39 is 0 Å². The van der Waals surface area contributed by atoms with Gasteiger partial charge in [0.2, 0.25) is 0 Å². The molecule has 1 fully saturated rings. The largest absolute Gasteiger partial charge is 0.316 e. The first-order valence-electron chi connectivity index (χ1n) is 6.88. The number of para-hydroxylation sites is 1. The van der Waals surface area contributed by atoms with Crippen LogP contribution >= 0.6 is 0 Å². The van der Waals surface area contributed by atoms with Crippen molar-refractivity contribution in [3.05, 3.63) is 35.7 Å². The summed E-state index contributed by atoms with van der Waals surface area (Å²) in [5.41, 5.74) is 2.16. The average Bonchev–Trinajstić information content (AvgIpc) is 2.89. The van der Waals surface area contributed by atoms with E-state index in [9.17, 15) is 0 Å². The molecule has 1 unspecified atom stereocenters. The van der Waals surface area contributed by atoms with Crippen molar-refractivity contribution in [3.8, 4) is 5.69 Å². The van der Waals surface area contributed by atoms with Gasteiger partial charge in [0, 0.05) is 6.42 Å². The summed E-state index contributed by atoms with van der Waals surface area (Å²) in [6.07, 6.45) is 3.42. The molecule has 1 saturated heterocycles. The third-order valence-corrected chi connectivity index (χ3v) is 3.66. The van der Waals surface area contributed by atoms with E-state index >= 15 is 0 Å². The number of nitrogens with one attached hydrogen (secondary N) is 1. The van der Waals surface area contributed by atoms with Crippen LogP contribution in [0.4, 0.5) is 0 Å². The molecule has 2 aromatic rings. The molecule has 5 nitrogen and oxygen atoms in total. The molecule has 0 spiro atoms. The third kappa shape index (κ3) is 2.81. The number of hydrogen-bond acceptors (Lipinski definition) is 4. The molecule has 3 rings (SSSR count). The highest BCUT2D eigenvalue weighted by atomic mass is 15.6. The van der Waals surface area contributed by atoms with Gasteiger partial charge in [0.25, 0.3) is 0 Å². The number of benzene rings is 1. The van der Waals surface area contributed by atoms with E-state index in [0.717, 1.165) is 36.6 Å². The van der Waals surface area contributed by atoms with E-state index in [-0.39, 0.29) is 0 Å². The van der Waals surface area contributed by atoms with Crippen molar-refractivity contribution in [2.45, 2.75) is 26.2 Å². The van der Waals surface area contributed by atoms with Gasteiger partial charge in [-0.25, -0.2) is 0 Å². The van der Waals surface area contributed by atoms with E-state index in [2.05, 4.69) is 33.7 Å². The SMILES string of the molecule is Cc1ccccc1-n1nnc(CC2CCCNC2)n1. The summed E-state index contributed by atoms with van der Waals surface area (Å²) in [6.45, 7) is 4.27. The number of aryl methyl sites for hydroxylation is 1. The molecule has 0 aliphatic carbocycles. The summed E-state index contributed by atoms with van der Waals surface area (Å²) in [4.78, 5) is 1.64. The monoisotopic (exact) mass is 257 g/mol. The summed E-state index contributed by atoms with van der Waals surface area (Å²) < 4.78 is 0. The molecule has 2 heterocycles. The van der Waals surface area contributed by atoms with Crippen molar-refractivity contribution in [2.24, 2.45) is 5.92 Å². The van der Waals surface area contributed by atoms with Gasteiger partial charge in [-0.15, -0.1) is 15.0 Å². The van der Waals surface area contributed by atoms with Crippen molar-refractivity contribution < 1.29 is 0 Å². The third-order valence-electron chi connectivity index (χ3n) is 3.66. The summed E-state index contributed by atoms with van der Waals surface area (Å²) >= 11 is 0. The van der Waals surface area contributed by atoms with E-state index in [0.29, 0.717) is 5.92 Å². The highest BCUT2D eigenvalue weighted by Gasteiger charge is 2.16. The van der Waals surface area contributed by atoms with Crippen LogP contribution in [0.1, 0.15) is 24.2 Å². The zero-order valence-corrected chi connectivity index (χ0v) is 11.2. The Morgan fingerprint density at radius 1 is 1.37 bits per heavy atom. The number of rotatable bonds is 3. The van der Waals surface area contributed by atoms with Crippen LogP contribution in [-0.2, 0) is 6.42 Å². The van der Waals surface area contributed by atoms with E-state index in [4.69, 9.17) is 0 Å². The lowest BCUT2D eigenvalue weighted by Crippen LogP contribution is -2.31. The molecule has 19 heavy (non-hydrogen) atoms. The fourth-order valence-electron chi connectivity index (χ4n) is 2.57. The zero-order valence-electron chi connectivity index (χ0n) is 11.2. The van der Waals surface area contributed by atoms with Crippen LogP contribution in [0.25, 0.3) is 5.69 Å². The van der Waals surface area contributed by atoms with Crippen molar-refractivity contribution in [1.82, 2.24) is 25.5 Å². The minimum Gasteiger partial charge on any atom is -0.316 e. The molecule has 1 aliphatic rings.